The smallest absolute Gasteiger partial charge is 0.165 e. The number of benzene rings is 2. The summed E-state index contributed by atoms with van der Waals surface area (Å²) in [4.78, 5) is 0. The van der Waals surface area contributed by atoms with Crippen molar-refractivity contribution in [2.75, 3.05) is 0 Å². The molecular formula is C17H16N2O. The number of aromatic nitrogens is 2. The molecule has 0 radical (unpaired) electrons. The molecule has 100 valence electrons. The number of aryl methyl sites for hydroxylation is 2. The Bertz CT molecular complexity index is 745. The van der Waals surface area contributed by atoms with Crippen molar-refractivity contribution in [1.29, 1.82) is 0 Å². The van der Waals surface area contributed by atoms with Gasteiger partial charge in [-0.1, -0.05) is 42.0 Å². The fourth-order valence-corrected chi connectivity index (χ4v) is 2.33. The number of aromatic hydroxyl groups is 1. The third-order valence-corrected chi connectivity index (χ3v) is 3.32. The van der Waals surface area contributed by atoms with E-state index < -0.39 is 0 Å². The van der Waals surface area contributed by atoms with Crippen LogP contribution in [0.4, 0.5) is 0 Å². The van der Waals surface area contributed by atoms with Crippen molar-refractivity contribution in [3.05, 3.63) is 65.9 Å². The molecule has 0 saturated carbocycles. The fraction of sp³-hybridized carbons (Fsp3) is 0.118. The van der Waals surface area contributed by atoms with Crippen LogP contribution in [0.3, 0.4) is 0 Å². The lowest BCUT2D eigenvalue weighted by atomic mass is 10.1. The zero-order valence-electron chi connectivity index (χ0n) is 11.5. The predicted octanol–water partition coefficient (Wildman–Crippen LogP) is 3.86. The first kappa shape index (κ1) is 12.5. The number of rotatable bonds is 2. The minimum Gasteiger partial charge on any atom is -0.504 e. The quantitative estimate of drug-likeness (QED) is 0.763. The lowest BCUT2D eigenvalue weighted by molar-refractivity contribution is 0.473. The second-order valence-electron chi connectivity index (χ2n) is 4.90. The average molecular weight is 264 g/mol. The Hall–Kier alpha value is -2.55. The zero-order chi connectivity index (χ0) is 14.1. The molecule has 0 aliphatic rings. The largest absolute Gasteiger partial charge is 0.504 e. The van der Waals surface area contributed by atoms with E-state index in [1.807, 2.05) is 62.4 Å². The molecule has 3 heteroatoms. The molecule has 0 bridgehead atoms. The van der Waals surface area contributed by atoms with Crippen LogP contribution >= 0.6 is 0 Å². The molecule has 0 aliphatic carbocycles. The molecule has 20 heavy (non-hydrogen) atoms. The van der Waals surface area contributed by atoms with Gasteiger partial charge in [0, 0.05) is 5.56 Å². The van der Waals surface area contributed by atoms with E-state index in [9.17, 15) is 5.11 Å². The molecule has 1 N–H and O–H groups in total. The van der Waals surface area contributed by atoms with Gasteiger partial charge in [-0.3, -0.25) is 0 Å². The van der Waals surface area contributed by atoms with Crippen LogP contribution in [0.1, 0.15) is 11.3 Å². The standard InChI is InChI=1S/C17H16N2O/c1-12-7-6-8-14(11-12)16-17(20)13(2)18-19(16)15-9-4-3-5-10-15/h3-11,20H,1-2H3. The highest BCUT2D eigenvalue weighted by atomic mass is 16.3. The third kappa shape index (κ3) is 2.07. The summed E-state index contributed by atoms with van der Waals surface area (Å²) in [5, 5.41) is 14.8. The number of hydrogen-bond donors (Lipinski definition) is 1. The van der Waals surface area contributed by atoms with Crippen molar-refractivity contribution in [3.8, 4) is 22.7 Å². The van der Waals surface area contributed by atoms with Gasteiger partial charge in [0.25, 0.3) is 0 Å². The third-order valence-electron chi connectivity index (χ3n) is 3.32. The zero-order valence-corrected chi connectivity index (χ0v) is 11.5. The van der Waals surface area contributed by atoms with Crippen LogP contribution in [-0.2, 0) is 0 Å². The summed E-state index contributed by atoms with van der Waals surface area (Å²) in [5.41, 5.74) is 4.42. The van der Waals surface area contributed by atoms with Crippen LogP contribution in [0.25, 0.3) is 16.9 Å². The van der Waals surface area contributed by atoms with E-state index in [1.165, 1.54) is 0 Å². The summed E-state index contributed by atoms with van der Waals surface area (Å²) in [7, 11) is 0. The Balaban J connectivity index is 2.25. The molecule has 0 aliphatic heterocycles. The predicted molar refractivity (Wildman–Crippen MR) is 80.1 cm³/mol. The normalized spacial score (nSPS) is 10.7. The second-order valence-corrected chi connectivity index (χ2v) is 4.90. The number of hydrogen-bond acceptors (Lipinski definition) is 2. The van der Waals surface area contributed by atoms with Crippen molar-refractivity contribution in [2.45, 2.75) is 13.8 Å². The first-order chi connectivity index (χ1) is 9.66. The molecule has 0 atom stereocenters. The molecule has 0 saturated heterocycles. The van der Waals surface area contributed by atoms with Crippen LogP contribution in [0.5, 0.6) is 5.75 Å². The maximum Gasteiger partial charge on any atom is 0.165 e. The lowest BCUT2D eigenvalue weighted by Gasteiger charge is -2.08. The minimum atomic E-state index is 0.236. The molecule has 3 aromatic rings. The Labute approximate surface area is 118 Å². The van der Waals surface area contributed by atoms with Gasteiger partial charge in [0.1, 0.15) is 11.4 Å². The molecule has 0 amide bonds. The highest BCUT2D eigenvalue weighted by Crippen LogP contribution is 2.34. The van der Waals surface area contributed by atoms with E-state index in [1.54, 1.807) is 4.68 Å². The van der Waals surface area contributed by atoms with E-state index in [-0.39, 0.29) is 5.75 Å². The van der Waals surface area contributed by atoms with Crippen LogP contribution in [0.15, 0.2) is 54.6 Å². The topological polar surface area (TPSA) is 38.1 Å². The van der Waals surface area contributed by atoms with Gasteiger partial charge in [-0.05, 0) is 32.0 Å². The van der Waals surface area contributed by atoms with E-state index in [2.05, 4.69) is 11.2 Å². The number of para-hydroxylation sites is 1. The fourth-order valence-electron chi connectivity index (χ4n) is 2.33. The van der Waals surface area contributed by atoms with Gasteiger partial charge in [0.05, 0.1) is 5.69 Å². The van der Waals surface area contributed by atoms with Crippen LogP contribution < -0.4 is 0 Å². The highest BCUT2D eigenvalue weighted by Gasteiger charge is 2.17. The van der Waals surface area contributed by atoms with Crippen molar-refractivity contribution < 1.29 is 5.11 Å². The maximum atomic E-state index is 10.3. The van der Waals surface area contributed by atoms with Crippen molar-refractivity contribution in [1.82, 2.24) is 9.78 Å². The van der Waals surface area contributed by atoms with Gasteiger partial charge in [-0.2, -0.15) is 5.10 Å². The maximum absolute atomic E-state index is 10.3. The van der Waals surface area contributed by atoms with Gasteiger partial charge < -0.3 is 5.11 Å². The molecule has 2 aromatic carbocycles. The van der Waals surface area contributed by atoms with Crippen molar-refractivity contribution in [3.63, 3.8) is 0 Å². The Morgan fingerprint density at radius 3 is 2.40 bits per heavy atom. The molecule has 1 heterocycles. The van der Waals surface area contributed by atoms with Crippen LogP contribution in [0, 0.1) is 13.8 Å². The van der Waals surface area contributed by atoms with Crippen molar-refractivity contribution >= 4 is 0 Å². The minimum absolute atomic E-state index is 0.236. The summed E-state index contributed by atoms with van der Waals surface area (Å²) in [6.07, 6.45) is 0. The summed E-state index contributed by atoms with van der Waals surface area (Å²) in [5.74, 6) is 0.236. The van der Waals surface area contributed by atoms with Gasteiger partial charge >= 0.3 is 0 Å². The Kier molecular flexibility index (Phi) is 3.03. The first-order valence-electron chi connectivity index (χ1n) is 6.58. The van der Waals surface area contributed by atoms with Gasteiger partial charge in [0.2, 0.25) is 0 Å². The summed E-state index contributed by atoms with van der Waals surface area (Å²) >= 11 is 0. The monoisotopic (exact) mass is 264 g/mol. The summed E-state index contributed by atoms with van der Waals surface area (Å²) < 4.78 is 1.79. The highest BCUT2D eigenvalue weighted by molar-refractivity contribution is 5.70. The summed E-state index contributed by atoms with van der Waals surface area (Å²) in [6, 6.07) is 17.9. The molecule has 1 aromatic heterocycles. The van der Waals surface area contributed by atoms with E-state index in [4.69, 9.17) is 0 Å². The SMILES string of the molecule is Cc1cccc(-c2c(O)c(C)nn2-c2ccccc2)c1. The summed E-state index contributed by atoms with van der Waals surface area (Å²) in [6.45, 7) is 3.85. The van der Waals surface area contributed by atoms with E-state index in [0.29, 0.717) is 5.69 Å². The molecule has 0 fully saturated rings. The molecule has 0 spiro atoms. The van der Waals surface area contributed by atoms with E-state index >= 15 is 0 Å². The molecular weight excluding hydrogens is 248 g/mol. The van der Waals surface area contributed by atoms with Gasteiger partial charge in [0.15, 0.2) is 5.75 Å². The van der Waals surface area contributed by atoms with Gasteiger partial charge in [-0.25, -0.2) is 4.68 Å². The number of nitrogens with zero attached hydrogens (tertiary/aromatic N) is 2. The first-order valence-corrected chi connectivity index (χ1v) is 6.58. The molecule has 0 unspecified atom stereocenters. The van der Waals surface area contributed by atoms with Crippen LogP contribution in [0.2, 0.25) is 0 Å². The Morgan fingerprint density at radius 1 is 0.950 bits per heavy atom. The van der Waals surface area contributed by atoms with Gasteiger partial charge in [-0.15, -0.1) is 0 Å². The Morgan fingerprint density at radius 2 is 1.70 bits per heavy atom. The van der Waals surface area contributed by atoms with Crippen molar-refractivity contribution in [2.24, 2.45) is 0 Å². The average Bonchev–Trinajstić information content (AvgIpc) is 2.76. The van der Waals surface area contributed by atoms with Crippen LogP contribution in [-0.4, -0.2) is 14.9 Å². The molecule has 3 rings (SSSR count). The molecule has 3 nitrogen and oxygen atoms in total. The van der Waals surface area contributed by atoms with E-state index in [0.717, 1.165) is 22.5 Å². The lowest BCUT2D eigenvalue weighted by Crippen LogP contribution is -1.99. The second kappa shape index (κ2) is 4.85.